The maximum Gasteiger partial charge on any atom is 0.411 e. The van der Waals surface area contributed by atoms with Gasteiger partial charge in [0.05, 0.1) is 6.61 Å². The molecule has 0 unspecified atom stereocenters. The molecule has 0 atom stereocenters. The van der Waals surface area contributed by atoms with E-state index in [9.17, 15) is 4.79 Å². The van der Waals surface area contributed by atoms with Gasteiger partial charge >= 0.3 is 6.09 Å². The summed E-state index contributed by atoms with van der Waals surface area (Å²) in [6.45, 7) is 1.72. The number of halogens is 1. The Kier molecular flexibility index (Phi) is 6.90. The molecule has 1 aromatic heterocycles. The minimum absolute atomic E-state index is 0.188. The fourth-order valence-electron chi connectivity index (χ4n) is 2.65. The molecular formula is C22H19ClN2O4. The number of benzene rings is 2. The highest BCUT2D eigenvalue weighted by atomic mass is 35.5. The third-order valence-electron chi connectivity index (χ3n) is 4.11. The van der Waals surface area contributed by atoms with Crippen molar-refractivity contribution < 1.29 is 19.2 Å². The Morgan fingerprint density at radius 2 is 2.00 bits per heavy atom. The van der Waals surface area contributed by atoms with Crippen LogP contribution in [-0.2, 0) is 11.2 Å². The minimum Gasteiger partial charge on any atom is -0.449 e. The second kappa shape index (κ2) is 9.78. The maximum absolute atomic E-state index is 12.2. The maximum atomic E-state index is 12.2. The van der Waals surface area contributed by atoms with E-state index >= 15 is 0 Å². The summed E-state index contributed by atoms with van der Waals surface area (Å²) < 4.78 is 10.6. The molecule has 29 heavy (non-hydrogen) atoms. The molecule has 2 aromatic carbocycles. The van der Waals surface area contributed by atoms with Crippen LogP contribution in [0.25, 0.3) is 11.3 Å². The van der Waals surface area contributed by atoms with Gasteiger partial charge in [-0.25, -0.2) is 4.79 Å². The molecule has 0 aliphatic rings. The van der Waals surface area contributed by atoms with E-state index in [1.807, 2.05) is 18.2 Å². The molecule has 3 aromatic rings. The van der Waals surface area contributed by atoms with Gasteiger partial charge in [-0.05, 0) is 42.8 Å². The Morgan fingerprint density at radius 1 is 1.24 bits per heavy atom. The number of rotatable bonds is 5. The van der Waals surface area contributed by atoms with Gasteiger partial charge in [0, 0.05) is 22.6 Å². The predicted octanol–water partition coefficient (Wildman–Crippen LogP) is 4.44. The highest BCUT2D eigenvalue weighted by molar-refractivity contribution is 6.31. The van der Waals surface area contributed by atoms with Crippen molar-refractivity contribution in [1.82, 2.24) is 5.16 Å². The number of aliphatic hydroxyl groups excluding tert-OH is 1. The SMILES string of the molecule is Cc1noc(-c2ccc(C#CCO)cc2)c1NC(=O)OCCc1ccccc1Cl. The molecule has 6 nitrogen and oxygen atoms in total. The molecule has 148 valence electrons. The second-order valence-corrected chi connectivity index (χ2v) is 6.52. The Hall–Kier alpha value is -3.27. The molecule has 0 fully saturated rings. The largest absolute Gasteiger partial charge is 0.449 e. The number of hydrogen-bond acceptors (Lipinski definition) is 5. The number of aromatic nitrogens is 1. The molecule has 1 heterocycles. The van der Waals surface area contributed by atoms with Crippen LogP contribution >= 0.6 is 11.6 Å². The van der Waals surface area contributed by atoms with Crippen molar-refractivity contribution >= 4 is 23.4 Å². The standard InChI is InChI=1S/C22H19ClN2O4/c1-15-20(24-22(27)28-14-12-17-6-2-3-7-19(17)23)21(29-25-15)18-10-8-16(9-11-18)5-4-13-26/h2-3,6-11,26H,12-14H2,1H3,(H,24,27). The highest BCUT2D eigenvalue weighted by Gasteiger charge is 2.18. The zero-order valence-electron chi connectivity index (χ0n) is 15.7. The van der Waals surface area contributed by atoms with Crippen LogP contribution in [0.3, 0.4) is 0 Å². The first-order valence-corrected chi connectivity index (χ1v) is 9.30. The van der Waals surface area contributed by atoms with Crippen molar-refractivity contribution in [1.29, 1.82) is 0 Å². The fraction of sp³-hybridized carbons (Fsp3) is 0.182. The average molecular weight is 411 g/mol. The van der Waals surface area contributed by atoms with Gasteiger partial charge in [0.2, 0.25) is 0 Å². The van der Waals surface area contributed by atoms with Crippen LogP contribution in [0.4, 0.5) is 10.5 Å². The lowest BCUT2D eigenvalue weighted by atomic mass is 10.1. The van der Waals surface area contributed by atoms with Crippen LogP contribution in [0.1, 0.15) is 16.8 Å². The summed E-state index contributed by atoms with van der Waals surface area (Å²) in [5.74, 6) is 5.83. The van der Waals surface area contributed by atoms with Gasteiger partial charge in [0.15, 0.2) is 5.76 Å². The molecule has 0 radical (unpaired) electrons. The summed E-state index contributed by atoms with van der Waals surface area (Å²) in [6, 6.07) is 14.6. The van der Waals surface area contributed by atoms with Gasteiger partial charge in [-0.3, -0.25) is 5.32 Å². The lowest BCUT2D eigenvalue weighted by Gasteiger charge is -2.08. The van der Waals surface area contributed by atoms with Crippen LogP contribution in [-0.4, -0.2) is 29.6 Å². The zero-order valence-corrected chi connectivity index (χ0v) is 16.5. The molecule has 0 saturated heterocycles. The van der Waals surface area contributed by atoms with Crippen molar-refractivity contribution in [2.45, 2.75) is 13.3 Å². The molecule has 7 heteroatoms. The fourth-order valence-corrected chi connectivity index (χ4v) is 2.88. The number of nitrogens with one attached hydrogen (secondary N) is 1. The van der Waals surface area contributed by atoms with Crippen LogP contribution in [0, 0.1) is 18.8 Å². The molecule has 0 aliphatic carbocycles. The second-order valence-electron chi connectivity index (χ2n) is 6.11. The number of hydrogen-bond donors (Lipinski definition) is 2. The van der Waals surface area contributed by atoms with Gasteiger partial charge in [0.25, 0.3) is 0 Å². The molecule has 3 rings (SSSR count). The number of aryl methyl sites for hydroxylation is 1. The van der Waals surface area contributed by atoms with Crippen LogP contribution in [0.2, 0.25) is 5.02 Å². The van der Waals surface area contributed by atoms with Gasteiger partial charge in [-0.2, -0.15) is 0 Å². The summed E-state index contributed by atoms with van der Waals surface area (Å²) in [6.07, 6.45) is -0.0890. The summed E-state index contributed by atoms with van der Waals surface area (Å²) in [5, 5.41) is 16.0. The van der Waals surface area contributed by atoms with Crippen molar-refractivity contribution in [3.8, 4) is 23.2 Å². The number of aliphatic hydroxyl groups is 1. The summed E-state index contributed by atoms with van der Waals surface area (Å²) in [5.41, 5.74) is 3.38. The Bertz CT molecular complexity index is 1050. The zero-order chi connectivity index (χ0) is 20.6. The van der Waals surface area contributed by atoms with Crippen molar-refractivity contribution in [2.75, 3.05) is 18.5 Å². The van der Waals surface area contributed by atoms with E-state index in [2.05, 4.69) is 22.3 Å². The van der Waals surface area contributed by atoms with E-state index in [0.29, 0.717) is 28.6 Å². The first-order valence-electron chi connectivity index (χ1n) is 8.92. The molecular weight excluding hydrogens is 392 g/mol. The van der Waals surface area contributed by atoms with E-state index in [-0.39, 0.29) is 13.2 Å². The Balaban J connectivity index is 1.65. The third-order valence-corrected chi connectivity index (χ3v) is 4.48. The van der Waals surface area contributed by atoms with E-state index in [4.69, 9.17) is 26.0 Å². The lowest BCUT2D eigenvalue weighted by Crippen LogP contribution is -2.16. The monoisotopic (exact) mass is 410 g/mol. The van der Waals surface area contributed by atoms with Crippen molar-refractivity contribution in [2.24, 2.45) is 0 Å². The van der Waals surface area contributed by atoms with Crippen molar-refractivity contribution in [3.05, 3.63) is 70.4 Å². The topological polar surface area (TPSA) is 84.6 Å². The highest BCUT2D eigenvalue weighted by Crippen LogP contribution is 2.31. The molecule has 0 aliphatic heterocycles. The minimum atomic E-state index is -0.602. The first-order chi connectivity index (χ1) is 14.1. The summed E-state index contributed by atoms with van der Waals surface area (Å²) >= 11 is 6.11. The molecule has 1 amide bonds. The average Bonchev–Trinajstić information content (AvgIpc) is 3.08. The lowest BCUT2D eigenvalue weighted by molar-refractivity contribution is 0.163. The quantitative estimate of drug-likeness (QED) is 0.607. The number of amides is 1. The normalized spacial score (nSPS) is 10.2. The number of carbonyl (C=O) groups is 1. The van der Waals surface area contributed by atoms with Crippen molar-refractivity contribution in [3.63, 3.8) is 0 Å². The smallest absolute Gasteiger partial charge is 0.411 e. The van der Waals surface area contributed by atoms with Crippen LogP contribution < -0.4 is 5.32 Å². The van der Waals surface area contributed by atoms with Crippen LogP contribution in [0.5, 0.6) is 0 Å². The number of nitrogens with zero attached hydrogens (tertiary/aromatic N) is 1. The number of carbonyl (C=O) groups excluding carboxylic acids is 1. The Labute approximate surface area is 173 Å². The van der Waals surface area contributed by atoms with Gasteiger partial charge in [0.1, 0.15) is 18.0 Å². The summed E-state index contributed by atoms with van der Waals surface area (Å²) in [4.78, 5) is 12.2. The Morgan fingerprint density at radius 3 is 2.72 bits per heavy atom. The molecule has 0 spiro atoms. The van der Waals surface area contributed by atoms with Gasteiger partial charge in [-0.1, -0.05) is 46.8 Å². The summed E-state index contributed by atoms with van der Waals surface area (Å²) in [7, 11) is 0. The number of ether oxygens (including phenoxy) is 1. The van der Waals surface area contributed by atoms with Gasteiger partial charge < -0.3 is 14.4 Å². The van der Waals surface area contributed by atoms with E-state index in [1.54, 1.807) is 37.3 Å². The van der Waals surface area contributed by atoms with Crippen LogP contribution in [0.15, 0.2) is 53.1 Å². The van der Waals surface area contributed by atoms with Gasteiger partial charge in [-0.15, -0.1) is 0 Å². The molecule has 2 N–H and O–H groups in total. The molecule has 0 saturated carbocycles. The first kappa shape index (κ1) is 20.5. The predicted molar refractivity (Wildman–Crippen MR) is 111 cm³/mol. The van der Waals surface area contributed by atoms with E-state index in [1.165, 1.54) is 0 Å². The van der Waals surface area contributed by atoms with E-state index in [0.717, 1.165) is 16.7 Å². The third kappa shape index (κ3) is 5.38. The number of anilines is 1. The van der Waals surface area contributed by atoms with E-state index < -0.39 is 6.09 Å². The molecule has 0 bridgehead atoms.